The van der Waals surface area contributed by atoms with E-state index in [0.29, 0.717) is 5.56 Å². The molecule has 1 amide bonds. The molecule has 0 unspecified atom stereocenters. The lowest BCUT2D eigenvalue weighted by molar-refractivity contribution is -0.116. The molecule has 0 fully saturated rings. The average Bonchev–Trinajstić information content (AvgIpc) is 2.34. The number of amides is 1. The normalized spacial score (nSPS) is 9.83. The van der Waals surface area contributed by atoms with Crippen LogP contribution in [-0.2, 0) is 4.79 Å². The van der Waals surface area contributed by atoms with Gasteiger partial charge in [-0.2, -0.15) is 5.26 Å². The van der Waals surface area contributed by atoms with Gasteiger partial charge in [-0.25, -0.2) is 0 Å². The molecule has 0 heterocycles. The maximum atomic E-state index is 11.1. The Balaban J connectivity index is 3.06. The highest BCUT2D eigenvalue weighted by atomic mass is 16.1. The summed E-state index contributed by atoms with van der Waals surface area (Å²) in [5.41, 5.74) is 7.71. The quantitative estimate of drug-likeness (QED) is 0.832. The van der Waals surface area contributed by atoms with Gasteiger partial charge in [0.1, 0.15) is 6.07 Å². The third-order valence-corrected chi connectivity index (χ3v) is 2.74. The molecule has 4 nitrogen and oxygen atoms in total. The summed E-state index contributed by atoms with van der Waals surface area (Å²) in [4.78, 5) is 13.0. The fourth-order valence-corrected chi connectivity index (χ4v) is 1.82. The molecule has 1 aromatic carbocycles. The Morgan fingerprint density at radius 3 is 2.78 bits per heavy atom. The van der Waals surface area contributed by atoms with Crippen LogP contribution < -0.4 is 10.6 Å². The number of carbonyl (C=O) groups excluding carboxylic acids is 1. The van der Waals surface area contributed by atoms with Crippen LogP contribution in [0.3, 0.4) is 0 Å². The van der Waals surface area contributed by atoms with Gasteiger partial charge in [-0.3, -0.25) is 4.79 Å². The van der Waals surface area contributed by atoms with E-state index in [-0.39, 0.29) is 12.5 Å². The van der Waals surface area contributed by atoms with Crippen molar-refractivity contribution in [3.05, 3.63) is 29.3 Å². The SMILES string of the molecule is CCCCN(CC(N)=O)c1cc(C)ccc1C#N. The highest BCUT2D eigenvalue weighted by molar-refractivity contribution is 5.80. The summed E-state index contributed by atoms with van der Waals surface area (Å²) in [5.74, 6) is -0.378. The Morgan fingerprint density at radius 2 is 2.22 bits per heavy atom. The summed E-state index contributed by atoms with van der Waals surface area (Å²) in [6, 6.07) is 7.76. The van der Waals surface area contributed by atoms with Gasteiger partial charge in [0.2, 0.25) is 5.91 Å². The predicted molar refractivity (Wildman–Crippen MR) is 72.2 cm³/mol. The minimum absolute atomic E-state index is 0.151. The Hall–Kier alpha value is -2.02. The van der Waals surface area contributed by atoms with E-state index in [9.17, 15) is 4.79 Å². The summed E-state index contributed by atoms with van der Waals surface area (Å²) in [7, 11) is 0. The lowest BCUT2D eigenvalue weighted by Gasteiger charge is -2.24. The van der Waals surface area contributed by atoms with E-state index in [1.807, 2.05) is 24.0 Å². The zero-order chi connectivity index (χ0) is 13.5. The van der Waals surface area contributed by atoms with Gasteiger partial charge in [0.15, 0.2) is 0 Å². The second-order valence-corrected chi connectivity index (χ2v) is 4.37. The molecular weight excluding hydrogens is 226 g/mol. The standard InChI is InChI=1S/C14H19N3O/c1-3-4-7-17(10-14(16)18)13-8-11(2)5-6-12(13)9-15/h5-6,8H,3-4,7,10H2,1-2H3,(H2,16,18). The number of hydrogen-bond donors (Lipinski definition) is 1. The lowest BCUT2D eigenvalue weighted by atomic mass is 10.1. The summed E-state index contributed by atoms with van der Waals surface area (Å²) >= 11 is 0. The zero-order valence-electron chi connectivity index (χ0n) is 10.9. The maximum absolute atomic E-state index is 11.1. The van der Waals surface area contributed by atoms with E-state index in [0.717, 1.165) is 30.6 Å². The third kappa shape index (κ3) is 3.77. The van der Waals surface area contributed by atoms with Gasteiger partial charge in [0.05, 0.1) is 17.8 Å². The summed E-state index contributed by atoms with van der Waals surface area (Å²) in [5, 5.41) is 9.12. The number of benzene rings is 1. The van der Waals surface area contributed by atoms with Crippen molar-refractivity contribution in [3.8, 4) is 6.07 Å². The van der Waals surface area contributed by atoms with Crippen LogP contribution in [-0.4, -0.2) is 19.0 Å². The van der Waals surface area contributed by atoms with Crippen molar-refractivity contribution in [1.29, 1.82) is 5.26 Å². The van der Waals surface area contributed by atoms with Crippen molar-refractivity contribution in [2.24, 2.45) is 5.73 Å². The molecule has 96 valence electrons. The van der Waals surface area contributed by atoms with Gasteiger partial charge in [-0.1, -0.05) is 19.4 Å². The smallest absolute Gasteiger partial charge is 0.236 e. The molecule has 0 aromatic heterocycles. The van der Waals surface area contributed by atoms with Crippen molar-refractivity contribution in [2.45, 2.75) is 26.7 Å². The molecule has 2 N–H and O–H groups in total. The molecule has 0 bridgehead atoms. The van der Waals surface area contributed by atoms with E-state index in [1.54, 1.807) is 6.07 Å². The molecular formula is C14H19N3O. The van der Waals surface area contributed by atoms with E-state index in [2.05, 4.69) is 13.0 Å². The summed E-state index contributed by atoms with van der Waals surface area (Å²) in [6.07, 6.45) is 2.00. The zero-order valence-corrected chi connectivity index (χ0v) is 10.9. The van der Waals surface area contributed by atoms with Crippen LogP contribution in [0.5, 0.6) is 0 Å². The van der Waals surface area contributed by atoms with Crippen molar-refractivity contribution in [1.82, 2.24) is 0 Å². The van der Waals surface area contributed by atoms with Gasteiger partial charge in [0, 0.05) is 6.54 Å². The molecule has 0 radical (unpaired) electrons. The average molecular weight is 245 g/mol. The van der Waals surface area contributed by atoms with Crippen LogP contribution in [0.25, 0.3) is 0 Å². The summed E-state index contributed by atoms with van der Waals surface area (Å²) < 4.78 is 0. The number of unbranched alkanes of at least 4 members (excludes halogenated alkanes) is 1. The number of primary amides is 1. The first-order chi connectivity index (χ1) is 8.58. The molecule has 0 aliphatic heterocycles. The molecule has 0 spiro atoms. The molecule has 0 atom stereocenters. The number of nitriles is 1. The number of nitrogens with two attached hydrogens (primary N) is 1. The molecule has 1 aromatic rings. The summed E-state index contributed by atoms with van der Waals surface area (Å²) in [6.45, 7) is 4.94. The number of carbonyl (C=O) groups is 1. The van der Waals surface area contributed by atoms with Crippen molar-refractivity contribution in [2.75, 3.05) is 18.0 Å². The number of rotatable bonds is 6. The van der Waals surface area contributed by atoms with Crippen LogP contribution in [0.4, 0.5) is 5.69 Å². The van der Waals surface area contributed by atoms with Crippen molar-refractivity contribution < 1.29 is 4.79 Å². The monoisotopic (exact) mass is 245 g/mol. The Kier molecular flexibility index (Phi) is 5.19. The number of nitrogens with zero attached hydrogens (tertiary/aromatic N) is 2. The van der Waals surface area contributed by atoms with E-state index >= 15 is 0 Å². The molecule has 4 heteroatoms. The minimum Gasteiger partial charge on any atom is -0.368 e. The fourth-order valence-electron chi connectivity index (χ4n) is 1.82. The van der Waals surface area contributed by atoms with Gasteiger partial charge in [-0.05, 0) is 31.0 Å². The second kappa shape index (κ2) is 6.65. The van der Waals surface area contributed by atoms with E-state index in [1.165, 1.54) is 0 Å². The predicted octanol–water partition coefficient (Wildman–Crippen LogP) is 1.96. The first-order valence-electron chi connectivity index (χ1n) is 6.12. The number of aryl methyl sites for hydroxylation is 1. The number of hydrogen-bond acceptors (Lipinski definition) is 3. The van der Waals surface area contributed by atoms with Gasteiger partial charge < -0.3 is 10.6 Å². The van der Waals surface area contributed by atoms with Gasteiger partial charge >= 0.3 is 0 Å². The number of anilines is 1. The third-order valence-electron chi connectivity index (χ3n) is 2.74. The maximum Gasteiger partial charge on any atom is 0.236 e. The second-order valence-electron chi connectivity index (χ2n) is 4.37. The lowest BCUT2D eigenvalue weighted by Crippen LogP contribution is -2.35. The van der Waals surface area contributed by atoms with Gasteiger partial charge in [0.25, 0.3) is 0 Å². The molecule has 0 saturated carbocycles. The molecule has 18 heavy (non-hydrogen) atoms. The highest BCUT2D eigenvalue weighted by Gasteiger charge is 2.13. The molecule has 0 aliphatic rings. The molecule has 1 rings (SSSR count). The van der Waals surface area contributed by atoms with Crippen molar-refractivity contribution >= 4 is 11.6 Å². The van der Waals surface area contributed by atoms with Crippen LogP contribution in [0.2, 0.25) is 0 Å². The Morgan fingerprint density at radius 1 is 1.50 bits per heavy atom. The first-order valence-corrected chi connectivity index (χ1v) is 6.12. The molecule has 0 aliphatic carbocycles. The molecule has 0 saturated heterocycles. The largest absolute Gasteiger partial charge is 0.368 e. The van der Waals surface area contributed by atoms with Crippen LogP contribution in [0.1, 0.15) is 30.9 Å². The van der Waals surface area contributed by atoms with Crippen LogP contribution in [0, 0.1) is 18.3 Å². The van der Waals surface area contributed by atoms with Crippen LogP contribution >= 0.6 is 0 Å². The van der Waals surface area contributed by atoms with Crippen molar-refractivity contribution in [3.63, 3.8) is 0 Å². The van der Waals surface area contributed by atoms with Gasteiger partial charge in [-0.15, -0.1) is 0 Å². The Bertz CT molecular complexity index is 463. The Labute approximate surface area is 108 Å². The fraction of sp³-hybridized carbons (Fsp3) is 0.429. The van der Waals surface area contributed by atoms with E-state index in [4.69, 9.17) is 11.0 Å². The van der Waals surface area contributed by atoms with E-state index < -0.39 is 0 Å². The first kappa shape index (κ1) is 14.0. The topological polar surface area (TPSA) is 70.1 Å². The highest BCUT2D eigenvalue weighted by Crippen LogP contribution is 2.22. The van der Waals surface area contributed by atoms with Crippen LogP contribution in [0.15, 0.2) is 18.2 Å². The minimum atomic E-state index is -0.378.